The molecule has 0 unspecified atom stereocenters. The molecule has 0 aromatic heterocycles. The van der Waals surface area contributed by atoms with E-state index in [1.54, 1.807) is 12.0 Å². The Hall–Kier alpha value is -3.02. The van der Waals surface area contributed by atoms with Crippen molar-refractivity contribution in [3.8, 4) is 11.5 Å². The number of carbonyl (C=O) groups is 2. The smallest absolute Gasteiger partial charge is 0.308 e. The van der Waals surface area contributed by atoms with Crippen molar-refractivity contribution in [2.75, 3.05) is 13.7 Å². The molecule has 1 aliphatic heterocycles. The fourth-order valence-electron chi connectivity index (χ4n) is 3.09. The summed E-state index contributed by atoms with van der Waals surface area (Å²) in [6, 6.07) is 13.6. The van der Waals surface area contributed by atoms with Gasteiger partial charge in [-0.25, -0.2) is 0 Å². The SMILES string of the molecule is COc1cc(CN2C[C@H](C(=O)O)CC2=O)ccc1OCc1ccc(C)cc1. The van der Waals surface area contributed by atoms with Gasteiger partial charge in [0.05, 0.1) is 13.0 Å². The molecular formula is C21H23NO5. The van der Waals surface area contributed by atoms with E-state index in [-0.39, 0.29) is 18.9 Å². The lowest BCUT2D eigenvalue weighted by Crippen LogP contribution is -2.25. The number of carboxylic acid groups (broad SMARTS) is 1. The second-order valence-corrected chi connectivity index (χ2v) is 6.77. The normalized spacial score (nSPS) is 16.4. The van der Waals surface area contributed by atoms with Crippen molar-refractivity contribution in [3.63, 3.8) is 0 Å². The third kappa shape index (κ3) is 4.58. The Morgan fingerprint density at radius 1 is 1.15 bits per heavy atom. The van der Waals surface area contributed by atoms with Gasteiger partial charge in [-0.2, -0.15) is 0 Å². The first-order valence-electron chi connectivity index (χ1n) is 8.82. The van der Waals surface area contributed by atoms with Gasteiger partial charge in [-0.3, -0.25) is 9.59 Å². The summed E-state index contributed by atoms with van der Waals surface area (Å²) < 4.78 is 11.3. The Kier molecular flexibility index (Phi) is 5.64. The molecule has 1 N–H and O–H groups in total. The van der Waals surface area contributed by atoms with Gasteiger partial charge in [0.1, 0.15) is 6.61 Å². The fourth-order valence-corrected chi connectivity index (χ4v) is 3.09. The van der Waals surface area contributed by atoms with Crippen molar-refractivity contribution in [3.05, 3.63) is 59.2 Å². The molecule has 0 bridgehead atoms. The van der Waals surface area contributed by atoms with Gasteiger partial charge in [-0.1, -0.05) is 35.9 Å². The molecule has 0 aliphatic carbocycles. The highest BCUT2D eigenvalue weighted by Crippen LogP contribution is 2.30. The molecule has 0 spiro atoms. The van der Waals surface area contributed by atoms with Gasteiger partial charge < -0.3 is 19.5 Å². The average molecular weight is 369 g/mol. The number of aliphatic carboxylic acids is 1. The molecule has 1 aliphatic rings. The summed E-state index contributed by atoms with van der Waals surface area (Å²) in [6.07, 6.45) is 0.0597. The number of carbonyl (C=O) groups excluding carboxylic acids is 1. The quantitative estimate of drug-likeness (QED) is 0.812. The van der Waals surface area contributed by atoms with Crippen molar-refractivity contribution in [2.24, 2.45) is 5.92 Å². The van der Waals surface area contributed by atoms with Crippen LogP contribution in [0.2, 0.25) is 0 Å². The van der Waals surface area contributed by atoms with Crippen LogP contribution in [0, 0.1) is 12.8 Å². The Balaban J connectivity index is 1.66. The summed E-state index contributed by atoms with van der Waals surface area (Å²) in [7, 11) is 1.57. The summed E-state index contributed by atoms with van der Waals surface area (Å²) in [6.45, 7) is 3.07. The zero-order valence-electron chi connectivity index (χ0n) is 15.5. The summed E-state index contributed by atoms with van der Waals surface area (Å²) in [5.41, 5.74) is 3.13. The van der Waals surface area contributed by atoms with Crippen LogP contribution in [0.3, 0.4) is 0 Å². The zero-order chi connectivity index (χ0) is 19.4. The van der Waals surface area contributed by atoms with E-state index in [1.165, 1.54) is 5.56 Å². The van der Waals surface area contributed by atoms with Crippen LogP contribution in [0.25, 0.3) is 0 Å². The minimum atomic E-state index is -0.928. The number of hydrogen-bond donors (Lipinski definition) is 1. The number of aryl methyl sites for hydroxylation is 1. The number of methoxy groups -OCH3 is 1. The van der Waals surface area contributed by atoms with E-state index in [9.17, 15) is 9.59 Å². The van der Waals surface area contributed by atoms with Crippen LogP contribution in [-0.4, -0.2) is 35.5 Å². The van der Waals surface area contributed by atoms with Gasteiger partial charge in [0.25, 0.3) is 0 Å². The Bertz CT molecular complexity index is 831. The number of amides is 1. The number of nitrogens with zero attached hydrogens (tertiary/aromatic N) is 1. The van der Waals surface area contributed by atoms with E-state index < -0.39 is 11.9 Å². The van der Waals surface area contributed by atoms with Crippen LogP contribution < -0.4 is 9.47 Å². The molecule has 3 rings (SSSR count). The molecule has 2 aromatic rings. The fraction of sp³-hybridized carbons (Fsp3) is 0.333. The molecule has 1 atom stereocenters. The first kappa shape index (κ1) is 18.8. The van der Waals surface area contributed by atoms with E-state index in [0.29, 0.717) is 24.7 Å². The molecule has 1 fully saturated rings. The van der Waals surface area contributed by atoms with E-state index in [4.69, 9.17) is 14.6 Å². The third-order valence-electron chi connectivity index (χ3n) is 4.68. The Morgan fingerprint density at radius 2 is 1.85 bits per heavy atom. The number of ether oxygens (including phenoxy) is 2. The average Bonchev–Trinajstić information content (AvgIpc) is 3.02. The molecular weight excluding hydrogens is 346 g/mol. The van der Waals surface area contributed by atoms with E-state index in [2.05, 4.69) is 0 Å². The summed E-state index contributed by atoms with van der Waals surface area (Å²) >= 11 is 0. The van der Waals surface area contributed by atoms with Crippen LogP contribution >= 0.6 is 0 Å². The lowest BCUT2D eigenvalue weighted by molar-refractivity contribution is -0.141. The maximum atomic E-state index is 12.0. The lowest BCUT2D eigenvalue weighted by atomic mass is 10.1. The number of benzene rings is 2. The van der Waals surface area contributed by atoms with Crippen molar-refractivity contribution in [1.82, 2.24) is 4.90 Å². The standard InChI is InChI=1S/C21H23NO5/c1-14-3-5-15(6-4-14)13-27-18-8-7-16(9-19(18)26-2)11-22-12-17(21(24)25)10-20(22)23/h3-9,17H,10-13H2,1-2H3,(H,24,25)/t17-/m1/s1. The Labute approximate surface area is 158 Å². The van der Waals surface area contributed by atoms with Crippen LogP contribution in [-0.2, 0) is 22.7 Å². The van der Waals surface area contributed by atoms with Crippen molar-refractivity contribution in [2.45, 2.75) is 26.5 Å². The third-order valence-corrected chi connectivity index (χ3v) is 4.68. The molecule has 1 saturated heterocycles. The maximum Gasteiger partial charge on any atom is 0.308 e. The van der Waals surface area contributed by atoms with Gasteiger partial charge in [-0.05, 0) is 30.2 Å². The zero-order valence-corrected chi connectivity index (χ0v) is 15.5. The van der Waals surface area contributed by atoms with Gasteiger partial charge in [-0.15, -0.1) is 0 Å². The van der Waals surface area contributed by atoms with Crippen LogP contribution in [0.15, 0.2) is 42.5 Å². The van der Waals surface area contributed by atoms with Gasteiger partial charge in [0.2, 0.25) is 5.91 Å². The van der Waals surface area contributed by atoms with E-state index in [0.717, 1.165) is 11.1 Å². The Morgan fingerprint density at radius 3 is 2.48 bits per heavy atom. The van der Waals surface area contributed by atoms with E-state index in [1.807, 2.05) is 49.4 Å². The van der Waals surface area contributed by atoms with Gasteiger partial charge in [0, 0.05) is 19.5 Å². The largest absolute Gasteiger partial charge is 0.493 e. The molecule has 27 heavy (non-hydrogen) atoms. The minimum absolute atomic E-state index is 0.0597. The first-order valence-corrected chi connectivity index (χ1v) is 8.82. The molecule has 0 radical (unpaired) electrons. The van der Waals surface area contributed by atoms with E-state index >= 15 is 0 Å². The molecule has 0 saturated carbocycles. The van der Waals surface area contributed by atoms with Crippen LogP contribution in [0.4, 0.5) is 0 Å². The minimum Gasteiger partial charge on any atom is -0.493 e. The summed E-state index contributed by atoms with van der Waals surface area (Å²) in [5, 5.41) is 9.09. The molecule has 142 valence electrons. The highest BCUT2D eigenvalue weighted by molar-refractivity contribution is 5.86. The first-order chi connectivity index (χ1) is 13.0. The second kappa shape index (κ2) is 8.12. The monoisotopic (exact) mass is 369 g/mol. The predicted molar refractivity (Wildman–Crippen MR) is 99.7 cm³/mol. The number of likely N-dealkylation sites (tertiary alicyclic amines) is 1. The summed E-state index contributed by atoms with van der Waals surface area (Å²) in [4.78, 5) is 24.7. The second-order valence-electron chi connectivity index (χ2n) is 6.77. The topological polar surface area (TPSA) is 76.1 Å². The highest BCUT2D eigenvalue weighted by atomic mass is 16.5. The lowest BCUT2D eigenvalue weighted by Gasteiger charge is -2.18. The number of carboxylic acids is 1. The molecule has 6 heteroatoms. The molecule has 2 aromatic carbocycles. The van der Waals surface area contributed by atoms with Gasteiger partial charge in [0.15, 0.2) is 11.5 Å². The van der Waals surface area contributed by atoms with Crippen LogP contribution in [0.1, 0.15) is 23.1 Å². The maximum absolute atomic E-state index is 12.0. The van der Waals surface area contributed by atoms with Crippen molar-refractivity contribution in [1.29, 1.82) is 0 Å². The van der Waals surface area contributed by atoms with Crippen molar-refractivity contribution >= 4 is 11.9 Å². The number of hydrogen-bond acceptors (Lipinski definition) is 4. The summed E-state index contributed by atoms with van der Waals surface area (Å²) in [5.74, 6) is -0.486. The molecule has 1 amide bonds. The van der Waals surface area contributed by atoms with Crippen LogP contribution in [0.5, 0.6) is 11.5 Å². The molecule has 1 heterocycles. The molecule has 6 nitrogen and oxygen atoms in total. The highest BCUT2D eigenvalue weighted by Gasteiger charge is 2.34. The predicted octanol–water partition coefficient (Wildman–Crippen LogP) is 3.02. The number of rotatable bonds is 7. The van der Waals surface area contributed by atoms with Gasteiger partial charge >= 0.3 is 5.97 Å². The van der Waals surface area contributed by atoms with Crippen molar-refractivity contribution < 1.29 is 24.2 Å².